The summed E-state index contributed by atoms with van der Waals surface area (Å²) in [5.41, 5.74) is 9.05. The van der Waals surface area contributed by atoms with E-state index in [1.54, 1.807) is 24.3 Å². The first-order valence-corrected chi connectivity index (χ1v) is 10.7. The van der Waals surface area contributed by atoms with Gasteiger partial charge < -0.3 is 18.9 Å². The third-order valence-corrected chi connectivity index (χ3v) is 5.78. The van der Waals surface area contributed by atoms with Gasteiger partial charge in [0.15, 0.2) is 11.5 Å². The first-order chi connectivity index (χ1) is 16.9. The SMILES string of the molecule is COc1cc2c(=O)[nH]c(=O)n([C@H]3C[C@H](OC(=O)c4ccc(C)cc4)[C@@H](CN=[N+]=[N-])O3)c2cc1OC. The first-order valence-electron chi connectivity index (χ1n) is 10.7. The van der Waals surface area contributed by atoms with Crippen LogP contribution in [0.4, 0.5) is 0 Å². The molecule has 1 aliphatic heterocycles. The van der Waals surface area contributed by atoms with Crippen molar-refractivity contribution in [3.63, 3.8) is 0 Å². The average Bonchev–Trinajstić information content (AvgIpc) is 3.23. The number of nitrogens with zero attached hydrogens (tertiary/aromatic N) is 4. The summed E-state index contributed by atoms with van der Waals surface area (Å²) in [4.78, 5) is 43.1. The van der Waals surface area contributed by atoms with E-state index in [9.17, 15) is 14.4 Å². The number of benzene rings is 2. The quantitative estimate of drug-likeness (QED) is 0.235. The molecule has 1 aliphatic rings. The van der Waals surface area contributed by atoms with Gasteiger partial charge in [-0.3, -0.25) is 14.3 Å². The third-order valence-electron chi connectivity index (χ3n) is 5.78. The molecule has 0 bridgehead atoms. The summed E-state index contributed by atoms with van der Waals surface area (Å²) in [6.45, 7) is 1.78. The fourth-order valence-corrected chi connectivity index (χ4v) is 4.03. The molecule has 3 atom stereocenters. The van der Waals surface area contributed by atoms with Gasteiger partial charge in [0.05, 0.1) is 37.2 Å². The number of fused-ring (bicyclic) bond motifs is 1. The van der Waals surface area contributed by atoms with Crippen LogP contribution in [-0.2, 0) is 9.47 Å². The van der Waals surface area contributed by atoms with Gasteiger partial charge in [-0.25, -0.2) is 9.59 Å². The Labute approximate surface area is 198 Å². The lowest BCUT2D eigenvalue weighted by molar-refractivity contribution is -0.0236. The molecule has 12 heteroatoms. The normalized spacial score (nSPS) is 19.2. The number of aryl methyl sites for hydroxylation is 1. The molecule has 4 rings (SSSR count). The summed E-state index contributed by atoms with van der Waals surface area (Å²) in [5.74, 6) is 0.0502. The zero-order valence-electron chi connectivity index (χ0n) is 19.3. The third kappa shape index (κ3) is 4.70. The summed E-state index contributed by atoms with van der Waals surface area (Å²) < 4.78 is 23.5. The van der Waals surface area contributed by atoms with Crippen LogP contribution < -0.4 is 20.7 Å². The molecule has 0 aliphatic carbocycles. The Bertz CT molecular complexity index is 1420. The topological polar surface area (TPSA) is 158 Å². The number of aromatic nitrogens is 2. The number of nitrogens with one attached hydrogen (secondary N) is 1. The highest BCUT2D eigenvalue weighted by Crippen LogP contribution is 2.35. The van der Waals surface area contributed by atoms with Gasteiger partial charge in [-0.1, -0.05) is 22.8 Å². The second-order valence-corrected chi connectivity index (χ2v) is 7.94. The van der Waals surface area contributed by atoms with E-state index >= 15 is 0 Å². The van der Waals surface area contributed by atoms with Crippen LogP contribution in [0.15, 0.2) is 51.1 Å². The van der Waals surface area contributed by atoms with Gasteiger partial charge in [0.2, 0.25) is 0 Å². The number of hydrogen-bond acceptors (Lipinski definition) is 8. The molecule has 2 aromatic carbocycles. The highest BCUT2D eigenvalue weighted by atomic mass is 16.6. The van der Waals surface area contributed by atoms with Crippen LogP contribution in [0, 0.1) is 6.92 Å². The van der Waals surface area contributed by atoms with E-state index < -0.39 is 35.7 Å². The van der Waals surface area contributed by atoms with Crippen LogP contribution in [-0.4, -0.2) is 48.5 Å². The van der Waals surface area contributed by atoms with E-state index in [4.69, 9.17) is 24.5 Å². The van der Waals surface area contributed by atoms with Crippen molar-refractivity contribution in [2.45, 2.75) is 31.8 Å². The minimum atomic E-state index is -0.922. The number of carbonyl (C=O) groups is 1. The number of esters is 1. The van der Waals surface area contributed by atoms with E-state index in [1.807, 2.05) is 6.92 Å². The fourth-order valence-electron chi connectivity index (χ4n) is 4.03. The van der Waals surface area contributed by atoms with Crippen molar-refractivity contribution in [2.75, 3.05) is 20.8 Å². The molecule has 0 unspecified atom stereocenters. The Hall–Kier alpha value is -4.28. The van der Waals surface area contributed by atoms with Crippen molar-refractivity contribution in [2.24, 2.45) is 5.11 Å². The molecule has 0 spiro atoms. The van der Waals surface area contributed by atoms with E-state index in [0.717, 1.165) is 5.56 Å². The van der Waals surface area contributed by atoms with Crippen LogP contribution in [0.1, 0.15) is 28.6 Å². The first kappa shape index (κ1) is 23.9. The van der Waals surface area contributed by atoms with Gasteiger partial charge in [0.1, 0.15) is 18.4 Å². The maximum atomic E-state index is 12.9. The molecule has 0 radical (unpaired) electrons. The number of rotatable bonds is 7. The van der Waals surface area contributed by atoms with Gasteiger partial charge >= 0.3 is 11.7 Å². The van der Waals surface area contributed by atoms with Gasteiger partial charge in [-0.2, -0.15) is 0 Å². The molecule has 1 aromatic heterocycles. The molecule has 182 valence electrons. The van der Waals surface area contributed by atoms with Gasteiger partial charge in [0, 0.05) is 17.4 Å². The number of aromatic amines is 1. The van der Waals surface area contributed by atoms with Crippen molar-refractivity contribution in [3.05, 3.63) is 78.8 Å². The Balaban J connectivity index is 1.73. The van der Waals surface area contributed by atoms with Crippen molar-refractivity contribution >= 4 is 16.9 Å². The molecule has 12 nitrogen and oxygen atoms in total. The van der Waals surface area contributed by atoms with Crippen molar-refractivity contribution < 1.29 is 23.7 Å². The monoisotopic (exact) mass is 481 g/mol. The summed E-state index contributed by atoms with van der Waals surface area (Å²) >= 11 is 0. The second kappa shape index (κ2) is 9.92. The number of H-pyrrole nitrogens is 1. The van der Waals surface area contributed by atoms with Crippen molar-refractivity contribution in [3.8, 4) is 11.5 Å². The number of azide groups is 1. The molecule has 35 heavy (non-hydrogen) atoms. The minimum Gasteiger partial charge on any atom is -0.493 e. The van der Waals surface area contributed by atoms with E-state index in [2.05, 4.69) is 15.0 Å². The standard InChI is InChI=1S/C23H23N5O7/c1-12-4-6-13(7-5-12)22(30)35-18-10-20(34-19(18)11-25-27-24)28-15-9-17(33-3)16(32-2)8-14(15)21(29)26-23(28)31/h4-9,18-20H,10-11H2,1-3H3,(H,26,29,31)/t18-,19+,20+/m0/s1. The van der Waals surface area contributed by atoms with Crippen LogP contribution in [0.25, 0.3) is 21.3 Å². The van der Waals surface area contributed by atoms with Gasteiger partial charge in [-0.05, 0) is 30.7 Å². The summed E-state index contributed by atoms with van der Waals surface area (Å²) in [6.07, 6.45) is -2.46. The highest BCUT2D eigenvalue weighted by molar-refractivity contribution is 5.89. The summed E-state index contributed by atoms with van der Waals surface area (Å²) in [6, 6.07) is 9.83. The number of ether oxygens (including phenoxy) is 4. The number of carbonyl (C=O) groups excluding carboxylic acids is 1. The van der Waals surface area contributed by atoms with Crippen LogP contribution in [0.5, 0.6) is 11.5 Å². The van der Waals surface area contributed by atoms with E-state index in [0.29, 0.717) is 17.1 Å². The lowest BCUT2D eigenvalue weighted by Gasteiger charge is -2.18. The maximum absolute atomic E-state index is 12.9. The second-order valence-electron chi connectivity index (χ2n) is 7.94. The van der Waals surface area contributed by atoms with Crippen LogP contribution in [0.2, 0.25) is 0 Å². The maximum Gasteiger partial charge on any atom is 0.338 e. The van der Waals surface area contributed by atoms with Crippen LogP contribution in [0.3, 0.4) is 0 Å². The molecule has 0 saturated carbocycles. The molecule has 0 amide bonds. The molecule has 3 aromatic rings. The molecular weight excluding hydrogens is 458 g/mol. The van der Waals surface area contributed by atoms with Crippen molar-refractivity contribution in [1.29, 1.82) is 0 Å². The lowest BCUT2D eigenvalue weighted by atomic mass is 10.1. The molecule has 1 fully saturated rings. The number of methoxy groups -OCH3 is 2. The Morgan fingerprint density at radius 3 is 2.54 bits per heavy atom. The Morgan fingerprint density at radius 1 is 1.20 bits per heavy atom. The van der Waals surface area contributed by atoms with E-state index in [1.165, 1.54) is 30.9 Å². The largest absolute Gasteiger partial charge is 0.493 e. The minimum absolute atomic E-state index is 0.0820. The Kier molecular flexibility index (Phi) is 6.76. The zero-order valence-corrected chi connectivity index (χ0v) is 19.3. The highest BCUT2D eigenvalue weighted by Gasteiger charge is 2.40. The van der Waals surface area contributed by atoms with Gasteiger partial charge in [0.25, 0.3) is 5.56 Å². The Morgan fingerprint density at radius 2 is 1.89 bits per heavy atom. The van der Waals surface area contributed by atoms with Gasteiger partial charge in [-0.15, -0.1) is 0 Å². The molecule has 2 heterocycles. The fraction of sp³-hybridized carbons (Fsp3) is 0.348. The zero-order chi connectivity index (χ0) is 25.1. The smallest absolute Gasteiger partial charge is 0.338 e. The molecular formula is C23H23N5O7. The lowest BCUT2D eigenvalue weighted by Crippen LogP contribution is -2.33. The molecule has 1 N–H and O–H groups in total. The average molecular weight is 481 g/mol. The van der Waals surface area contributed by atoms with Crippen molar-refractivity contribution in [1.82, 2.24) is 9.55 Å². The summed E-state index contributed by atoms with van der Waals surface area (Å²) in [5, 5.41) is 3.73. The van der Waals surface area contributed by atoms with Crippen LogP contribution >= 0.6 is 0 Å². The molecule has 1 saturated heterocycles. The number of hydrogen-bond donors (Lipinski definition) is 1. The predicted molar refractivity (Wildman–Crippen MR) is 125 cm³/mol. The van der Waals surface area contributed by atoms with E-state index in [-0.39, 0.29) is 23.9 Å². The summed E-state index contributed by atoms with van der Waals surface area (Å²) in [7, 11) is 2.86. The predicted octanol–water partition coefficient (Wildman–Crippen LogP) is 2.84.